The van der Waals surface area contributed by atoms with Gasteiger partial charge in [-0.1, -0.05) is 27.7 Å². The molecule has 0 aromatic carbocycles. The van der Waals surface area contributed by atoms with Crippen molar-refractivity contribution < 1.29 is 0 Å². The predicted molar refractivity (Wildman–Crippen MR) is 59.8 cm³/mol. The fourth-order valence-electron chi connectivity index (χ4n) is 1.54. The van der Waals surface area contributed by atoms with E-state index in [-0.39, 0.29) is 0 Å². The molecule has 2 aliphatic rings. The van der Waals surface area contributed by atoms with E-state index in [9.17, 15) is 0 Å². The Morgan fingerprint density at radius 1 is 1.00 bits per heavy atom. The standard InChI is InChI=1S/C7H12N2.2C2H6/c1-2-6-4-8-5-7(6)9-3-1;2*1-2/h8-9H,1-5H2;2*1-2H3. The summed E-state index contributed by atoms with van der Waals surface area (Å²) < 4.78 is 0. The summed E-state index contributed by atoms with van der Waals surface area (Å²) in [6.07, 6.45) is 2.63. The molecule has 0 bridgehead atoms. The summed E-state index contributed by atoms with van der Waals surface area (Å²) >= 11 is 0. The molecule has 2 heterocycles. The quantitative estimate of drug-likeness (QED) is 0.603. The molecular weight excluding hydrogens is 160 g/mol. The normalized spacial score (nSPS) is 18.8. The van der Waals surface area contributed by atoms with Crippen molar-refractivity contribution in [3.8, 4) is 0 Å². The number of hydrogen-bond donors (Lipinski definition) is 2. The summed E-state index contributed by atoms with van der Waals surface area (Å²) in [6.45, 7) is 11.4. The lowest BCUT2D eigenvalue weighted by molar-refractivity contribution is 0.670. The molecule has 0 amide bonds. The first kappa shape index (κ1) is 12.5. The maximum atomic E-state index is 3.40. The first-order valence-electron chi connectivity index (χ1n) is 5.62. The topological polar surface area (TPSA) is 24.1 Å². The highest BCUT2D eigenvalue weighted by Crippen LogP contribution is 2.16. The van der Waals surface area contributed by atoms with Crippen LogP contribution in [0.15, 0.2) is 11.3 Å². The van der Waals surface area contributed by atoms with Crippen molar-refractivity contribution in [2.24, 2.45) is 0 Å². The molecular formula is C11H24N2. The van der Waals surface area contributed by atoms with E-state index in [1.165, 1.54) is 25.1 Å². The minimum absolute atomic E-state index is 1.08. The van der Waals surface area contributed by atoms with Gasteiger partial charge in [0, 0.05) is 25.3 Å². The van der Waals surface area contributed by atoms with Gasteiger partial charge in [-0.2, -0.15) is 0 Å². The molecule has 2 nitrogen and oxygen atoms in total. The first-order chi connectivity index (χ1) is 6.47. The Balaban J connectivity index is 0.000000322. The molecule has 2 aliphatic heterocycles. The van der Waals surface area contributed by atoms with E-state index in [1.807, 2.05) is 27.7 Å². The first-order valence-corrected chi connectivity index (χ1v) is 5.62. The SMILES string of the molecule is C1CNC2=C(C1)CNC2.CC.CC. The molecule has 0 saturated heterocycles. The van der Waals surface area contributed by atoms with E-state index in [4.69, 9.17) is 0 Å². The monoisotopic (exact) mass is 184 g/mol. The average Bonchev–Trinajstić information content (AvgIpc) is 2.71. The molecule has 78 valence electrons. The van der Waals surface area contributed by atoms with Gasteiger partial charge in [-0.25, -0.2) is 0 Å². The van der Waals surface area contributed by atoms with Gasteiger partial charge in [0.15, 0.2) is 0 Å². The second-order valence-corrected chi connectivity index (χ2v) is 2.72. The van der Waals surface area contributed by atoms with Crippen molar-refractivity contribution >= 4 is 0 Å². The van der Waals surface area contributed by atoms with Crippen LogP contribution < -0.4 is 10.6 Å². The number of hydrogen-bond acceptors (Lipinski definition) is 2. The zero-order valence-corrected chi connectivity index (χ0v) is 9.54. The molecule has 0 aromatic heterocycles. The third-order valence-corrected chi connectivity index (χ3v) is 2.06. The Morgan fingerprint density at radius 2 is 1.69 bits per heavy atom. The molecule has 0 radical (unpaired) electrons. The Labute approximate surface area is 82.8 Å². The molecule has 0 fully saturated rings. The second kappa shape index (κ2) is 8.11. The van der Waals surface area contributed by atoms with Gasteiger partial charge in [0.05, 0.1) is 0 Å². The van der Waals surface area contributed by atoms with Crippen molar-refractivity contribution in [1.29, 1.82) is 0 Å². The Morgan fingerprint density at radius 3 is 2.31 bits per heavy atom. The fraction of sp³-hybridized carbons (Fsp3) is 0.818. The molecule has 0 saturated carbocycles. The minimum atomic E-state index is 1.08. The third kappa shape index (κ3) is 3.81. The lowest BCUT2D eigenvalue weighted by atomic mass is 10.1. The zero-order chi connectivity index (χ0) is 10.1. The van der Waals surface area contributed by atoms with Crippen LogP contribution in [0.25, 0.3) is 0 Å². The van der Waals surface area contributed by atoms with Gasteiger partial charge in [0.25, 0.3) is 0 Å². The Kier molecular flexibility index (Phi) is 7.80. The van der Waals surface area contributed by atoms with Crippen LogP contribution in [0.1, 0.15) is 40.5 Å². The van der Waals surface area contributed by atoms with E-state index in [1.54, 1.807) is 5.57 Å². The summed E-state index contributed by atoms with van der Waals surface area (Å²) in [7, 11) is 0. The summed E-state index contributed by atoms with van der Waals surface area (Å²) in [5, 5.41) is 6.73. The van der Waals surface area contributed by atoms with E-state index in [0.29, 0.717) is 0 Å². The van der Waals surface area contributed by atoms with Crippen molar-refractivity contribution in [3.05, 3.63) is 11.3 Å². The highest BCUT2D eigenvalue weighted by molar-refractivity contribution is 5.22. The molecule has 0 atom stereocenters. The molecule has 2 rings (SSSR count). The van der Waals surface area contributed by atoms with Crippen molar-refractivity contribution in [1.82, 2.24) is 10.6 Å². The second-order valence-electron chi connectivity index (χ2n) is 2.72. The van der Waals surface area contributed by atoms with Gasteiger partial charge < -0.3 is 10.6 Å². The fourth-order valence-corrected chi connectivity index (χ4v) is 1.54. The highest BCUT2D eigenvalue weighted by Gasteiger charge is 2.15. The van der Waals surface area contributed by atoms with Gasteiger partial charge in [-0.3, -0.25) is 0 Å². The van der Waals surface area contributed by atoms with E-state index < -0.39 is 0 Å². The van der Waals surface area contributed by atoms with Crippen molar-refractivity contribution in [2.75, 3.05) is 19.6 Å². The van der Waals surface area contributed by atoms with Crippen molar-refractivity contribution in [3.63, 3.8) is 0 Å². The number of nitrogens with one attached hydrogen (secondary N) is 2. The molecule has 2 N–H and O–H groups in total. The average molecular weight is 184 g/mol. The molecule has 0 spiro atoms. The molecule has 0 unspecified atom stereocenters. The van der Waals surface area contributed by atoms with Crippen LogP contribution in [-0.2, 0) is 0 Å². The molecule has 0 aliphatic carbocycles. The van der Waals surface area contributed by atoms with Crippen LogP contribution in [0.3, 0.4) is 0 Å². The highest BCUT2D eigenvalue weighted by atomic mass is 15.0. The van der Waals surface area contributed by atoms with Gasteiger partial charge in [0.2, 0.25) is 0 Å². The lowest BCUT2D eigenvalue weighted by Gasteiger charge is -2.14. The number of rotatable bonds is 0. The molecule has 13 heavy (non-hydrogen) atoms. The predicted octanol–water partition coefficient (Wildman–Crippen LogP) is 2.28. The summed E-state index contributed by atoms with van der Waals surface area (Å²) in [5.41, 5.74) is 3.09. The van der Waals surface area contributed by atoms with Gasteiger partial charge >= 0.3 is 0 Å². The van der Waals surface area contributed by atoms with Crippen LogP contribution in [0.5, 0.6) is 0 Å². The molecule has 2 heteroatoms. The van der Waals surface area contributed by atoms with E-state index in [0.717, 1.165) is 13.1 Å². The third-order valence-electron chi connectivity index (χ3n) is 2.06. The van der Waals surface area contributed by atoms with Gasteiger partial charge in [0.1, 0.15) is 0 Å². The largest absolute Gasteiger partial charge is 0.387 e. The molecule has 0 aromatic rings. The van der Waals surface area contributed by atoms with Crippen molar-refractivity contribution in [2.45, 2.75) is 40.5 Å². The minimum Gasteiger partial charge on any atom is -0.387 e. The van der Waals surface area contributed by atoms with Crippen LogP contribution in [-0.4, -0.2) is 19.6 Å². The maximum Gasteiger partial charge on any atom is 0.0356 e. The van der Waals surface area contributed by atoms with Crippen LogP contribution in [0, 0.1) is 0 Å². The van der Waals surface area contributed by atoms with E-state index in [2.05, 4.69) is 10.6 Å². The maximum absolute atomic E-state index is 3.40. The Bertz CT molecular complexity index is 134. The van der Waals surface area contributed by atoms with Gasteiger partial charge in [-0.15, -0.1) is 0 Å². The summed E-state index contributed by atoms with van der Waals surface area (Å²) in [6, 6.07) is 0. The smallest absolute Gasteiger partial charge is 0.0356 e. The van der Waals surface area contributed by atoms with Crippen LogP contribution in [0.2, 0.25) is 0 Å². The van der Waals surface area contributed by atoms with Gasteiger partial charge in [-0.05, 0) is 18.4 Å². The van der Waals surface area contributed by atoms with E-state index >= 15 is 0 Å². The van der Waals surface area contributed by atoms with Crippen LogP contribution in [0.4, 0.5) is 0 Å². The summed E-state index contributed by atoms with van der Waals surface area (Å²) in [4.78, 5) is 0. The van der Waals surface area contributed by atoms with Crippen LogP contribution >= 0.6 is 0 Å². The zero-order valence-electron chi connectivity index (χ0n) is 9.54. The Hall–Kier alpha value is -0.500. The summed E-state index contributed by atoms with van der Waals surface area (Å²) in [5.74, 6) is 0. The lowest BCUT2D eigenvalue weighted by Crippen LogP contribution is -2.21.